The molecular weight excluding hydrogens is 252 g/mol. The van der Waals surface area contributed by atoms with Crippen LogP contribution in [0.15, 0.2) is 55.1 Å². The summed E-state index contributed by atoms with van der Waals surface area (Å²) in [5, 5.41) is 11.1. The second kappa shape index (κ2) is 6.01. The van der Waals surface area contributed by atoms with Crippen molar-refractivity contribution in [2.24, 2.45) is 0 Å². The number of anilines is 2. The first-order valence-electron chi connectivity index (χ1n) is 6.59. The fraction of sp³-hybridized carbons (Fsp3) is 0.214. The maximum absolute atomic E-state index is 4.34. The summed E-state index contributed by atoms with van der Waals surface area (Å²) in [5.74, 6) is 0.856. The average molecular weight is 268 g/mol. The van der Waals surface area contributed by atoms with Gasteiger partial charge in [-0.15, -0.1) is 5.10 Å². The minimum absolute atomic E-state index is 0.850. The summed E-state index contributed by atoms with van der Waals surface area (Å²) in [6.45, 7) is 1.73. The highest BCUT2D eigenvalue weighted by atomic mass is 15.4. The molecule has 6 nitrogen and oxygen atoms in total. The van der Waals surface area contributed by atoms with Gasteiger partial charge < -0.3 is 9.88 Å². The number of rotatable bonds is 6. The van der Waals surface area contributed by atoms with E-state index in [9.17, 15) is 0 Å². The molecule has 0 spiro atoms. The molecule has 0 aliphatic heterocycles. The van der Waals surface area contributed by atoms with Gasteiger partial charge in [0.1, 0.15) is 0 Å². The lowest BCUT2D eigenvalue weighted by atomic mass is 10.3. The van der Waals surface area contributed by atoms with Gasteiger partial charge in [0.25, 0.3) is 0 Å². The highest BCUT2D eigenvalue weighted by molar-refractivity contribution is 5.52. The van der Waals surface area contributed by atoms with Crippen LogP contribution >= 0.6 is 0 Å². The number of imidazole rings is 1. The second-order valence-electron chi connectivity index (χ2n) is 4.45. The summed E-state index contributed by atoms with van der Waals surface area (Å²) in [6.07, 6.45) is 8.33. The van der Waals surface area contributed by atoms with Crippen LogP contribution in [0.2, 0.25) is 0 Å². The van der Waals surface area contributed by atoms with Crippen LogP contribution in [0.4, 0.5) is 11.6 Å². The number of aryl methyl sites for hydroxylation is 2. The van der Waals surface area contributed by atoms with Gasteiger partial charge in [0, 0.05) is 37.4 Å². The summed E-state index contributed by atoms with van der Waals surface area (Å²) in [4.78, 5) is 4.34. The van der Waals surface area contributed by atoms with Crippen molar-refractivity contribution in [3.63, 3.8) is 0 Å². The van der Waals surface area contributed by atoms with Crippen molar-refractivity contribution in [2.45, 2.75) is 19.5 Å². The van der Waals surface area contributed by atoms with E-state index in [1.807, 2.05) is 47.4 Å². The first-order chi connectivity index (χ1) is 9.92. The van der Waals surface area contributed by atoms with Crippen LogP contribution in [0, 0.1) is 0 Å². The van der Waals surface area contributed by atoms with Crippen LogP contribution in [0.5, 0.6) is 0 Å². The van der Waals surface area contributed by atoms with E-state index in [0.717, 1.165) is 31.1 Å². The average Bonchev–Trinajstić information content (AvgIpc) is 3.13. The molecule has 0 aliphatic carbocycles. The lowest BCUT2D eigenvalue weighted by Crippen LogP contribution is -2.07. The van der Waals surface area contributed by atoms with Gasteiger partial charge in [-0.1, -0.05) is 23.4 Å². The van der Waals surface area contributed by atoms with E-state index in [-0.39, 0.29) is 0 Å². The summed E-state index contributed by atoms with van der Waals surface area (Å²) < 4.78 is 3.94. The molecule has 0 radical (unpaired) electrons. The Hall–Kier alpha value is -2.63. The van der Waals surface area contributed by atoms with Crippen molar-refractivity contribution in [1.29, 1.82) is 0 Å². The summed E-state index contributed by atoms with van der Waals surface area (Å²) in [6, 6.07) is 10.0. The number of para-hydroxylation sites is 1. The Morgan fingerprint density at radius 1 is 1.00 bits per heavy atom. The van der Waals surface area contributed by atoms with Crippen molar-refractivity contribution in [3.8, 4) is 0 Å². The Morgan fingerprint density at radius 3 is 2.70 bits per heavy atom. The number of hydrogen-bond acceptors (Lipinski definition) is 4. The van der Waals surface area contributed by atoms with Gasteiger partial charge in [0.2, 0.25) is 5.95 Å². The van der Waals surface area contributed by atoms with E-state index in [0.29, 0.717) is 0 Å². The van der Waals surface area contributed by atoms with E-state index in [4.69, 9.17) is 0 Å². The Morgan fingerprint density at radius 2 is 1.90 bits per heavy atom. The summed E-state index contributed by atoms with van der Waals surface area (Å²) >= 11 is 0. The first kappa shape index (κ1) is 12.4. The number of nitrogens with one attached hydrogen (secondary N) is 1. The standard InChI is InChI=1S/C14H16N6/c1-2-5-13(6-3-1)17-14-15-7-11-19(14)9-4-10-20-12-8-16-18-20/h1-3,5-8,11-12H,4,9-10H2,(H,15,17). The monoisotopic (exact) mass is 268 g/mol. The van der Waals surface area contributed by atoms with Crippen molar-refractivity contribution in [2.75, 3.05) is 5.32 Å². The van der Waals surface area contributed by atoms with E-state index in [2.05, 4.69) is 25.2 Å². The molecule has 3 aromatic rings. The molecule has 2 aromatic heterocycles. The van der Waals surface area contributed by atoms with Crippen LogP contribution in [0.25, 0.3) is 0 Å². The molecule has 20 heavy (non-hydrogen) atoms. The second-order valence-corrected chi connectivity index (χ2v) is 4.45. The largest absolute Gasteiger partial charge is 0.326 e. The lowest BCUT2D eigenvalue weighted by Gasteiger charge is -2.09. The molecule has 1 aromatic carbocycles. The molecule has 6 heteroatoms. The Balaban J connectivity index is 1.59. The van der Waals surface area contributed by atoms with Gasteiger partial charge in [-0.25, -0.2) is 4.98 Å². The number of aromatic nitrogens is 5. The lowest BCUT2D eigenvalue weighted by molar-refractivity contribution is 0.517. The maximum atomic E-state index is 4.34. The van der Waals surface area contributed by atoms with E-state index in [1.54, 1.807) is 12.4 Å². The minimum atomic E-state index is 0.850. The van der Waals surface area contributed by atoms with Crippen LogP contribution in [-0.4, -0.2) is 24.5 Å². The molecule has 0 saturated carbocycles. The molecule has 2 heterocycles. The van der Waals surface area contributed by atoms with Gasteiger partial charge >= 0.3 is 0 Å². The third-order valence-electron chi connectivity index (χ3n) is 3.00. The van der Waals surface area contributed by atoms with Gasteiger partial charge in [-0.2, -0.15) is 0 Å². The molecule has 0 saturated heterocycles. The van der Waals surface area contributed by atoms with Crippen molar-refractivity contribution >= 4 is 11.6 Å². The van der Waals surface area contributed by atoms with E-state index < -0.39 is 0 Å². The quantitative estimate of drug-likeness (QED) is 0.745. The SMILES string of the molecule is c1ccc(Nc2nccn2CCCn2ccnn2)cc1. The third kappa shape index (κ3) is 3.03. The third-order valence-corrected chi connectivity index (χ3v) is 3.00. The van der Waals surface area contributed by atoms with Crippen LogP contribution in [0.3, 0.4) is 0 Å². The Labute approximate surface area is 117 Å². The van der Waals surface area contributed by atoms with Gasteiger partial charge in [0.15, 0.2) is 0 Å². The molecule has 0 aliphatic rings. The van der Waals surface area contributed by atoms with Crippen LogP contribution < -0.4 is 5.32 Å². The highest BCUT2D eigenvalue weighted by Gasteiger charge is 2.03. The first-order valence-corrected chi connectivity index (χ1v) is 6.59. The molecule has 102 valence electrons. The summed E-state index contributed by atoms with van der Waals surface area (Å²) in [7, 11) is 0. The molecule has 0 unspecified atom stereocenters. The normalized spacial score (nSPS) is 10.6. The zero-order valence-electron chi connectivity index (χ0n) is 11.1. The maximum Gasteiger partial charge on any atom is 0.207 e. The molecule has 0 bridgehead atoms. The van der Waals surface area contributed by atoms with Crippen LogP contribution in [-0.2, 0) is 13.1 Å². The zero-order chi connectivity index (χ0) is 13.6. The van der Waals surface area contributed by atoms with Crippen molar-refractivity contribution in [3.05, 3.63) is 55.1 Å². The van der Waals surface area contributed by atoms with Gasteiger partial charge in [-0.05, 0) is 18.6 Å². The predicted octanol–water partition coefficient (Wildman–Crippen LogP) is 2.31. The fourth-order valence-electron chi connectivity index (χ4n) is 2.02. The Kier molecular flexibility index (Phi) is 3.73. The molecule has 0 fully saturated rings. The van der Waals surface area contributed by atoms with Crippen LogP contribution in [0.1, 0.15) is 6.42 Å². The van der Waals surface area contributed by atoms with Crippen molar-refractivity contribution < 1.29 is 0 Å². The van der Waals surface area contributed by atoms with E-state index >= 15 is 0 Å². The number of benzene rings is 1. The van der Waals surface area contributed by atoms with Crippen molar-refractivity contribution in [1.82, 2.24) is 24.5 Å². The van der Waals surface area contributed by atoms with Gasteiger partial charge in [0.05, 0.1) is 6.20 Å². The minimum Gasteiger partial charge on any atom is -0.326 e. The molecular formula is C14H16N6. The molecule has 3 rings (SSSR count). The Bertz CT molecular complexity index is 629. The molecule has 1 N–H and O–H groups in total. The fourth-order valence-corrected chi connectivity index (χ4v) is 2.02. The number of nitrogens with zero attached hydrogens (tertiary/aromatic N) is 5. The highest BCUT2D eigenvalue weighted by Crippen LogP contribution is 2.14. The molecule has 0 amide bonds. The predicted molar refractivity (Wildman–Crippen MR) is 76.6 cm³/mol. The summed E-state index contributed by atoms with van der Waals surface area (Å²) in [5.41, 5.74) is 1.04. The number of hydrogen-bond donors (Lipinski definition) is 1. The van der Waals surface area contributed by atoms with Gasteiger partial charge in [-0.3, -0.25) is 4.68 Å². The topological polar surface area (TPSA) is 60.6 Å². The smallest absolute Gasteiger partial charge is 0.207 e. The van der Waals surface area contributed by atoms with E-state index in [1.165, 1.54) is 0 Å². The molecule has 0 atom stereocenters. The zero-order valence-corrected chi connectivity index (χ0v) is 11.1.